The lowest BCUT2D eigenvalue weighted by atomic mass is 10.1. The molecule has 4 rings (SSSR count). The number of rotatable bonds is 5. The molecule has 28 heavy (non-hydrogen) atoms. The Labute approximate surface area is 162 Å². The lowest BCUT2D eigenvalue weighted by Gasteiger charge is -2.27. The van der Waals surface area contributed by atoms with Crippen molar-refractivity contribution in [2.24, 2.45) is 0 Å². The van der Waals surface area contributed by atoms with Gasteiger partial charge in [-0.15, -0.1) is 0 Å². The number of carbonyl (C=O) groups is 1. The van der Waals surface area contributed by atoms with Crippen LogP contribution in [0.5, 0.6) is 5.75 Å². The SMILES string of the molecule is CCOc1ccc(N2C(=O)c3cccnc3[C@H]2Nc2ccc(F)cc2C)cc1. The summed E-state index contributed by atoms with van der Waals surface area (Å²) in [6.07, 6.45) is 1.17. The fourth-order valence-electron chi connectivity index (χ4n) is 3.39. The molecule has 0 fully saturated rings. The van der Waals surface area contributed by atoms with Crippen molar-refractivity contribution in [3.63, 3.8) is 0 Å². The Morgan fingerprint density at radius 1 is 1.18 bits per heavy atom. The van der Waals surface area contributed by atoms with Gasteiger partial charge in [-0.2, -0.15) is 0 Å². The van der Waals surface area contributed by atoms with Gasteiger partial charge >= 0.3 is 0 Å². The average molecular weight is 377 g/mol. The molecule has 0 saturated heterocycles. The van der Waals surface area contributed by atoms with E-state index in [4.69, 9.17) is 4.74 Å². The molecule has 3 aromatic rings. The zero-order chi connectivity index (χ0) is 19.7. The number of carbonyl (C=O) groups excluding carboxylic acids is 1. The first-order chi connectivity index (χ1) is 13.6. The summed E-state index contributed by atoms with van der Waals surface area (Å²) < 4.78 is 19.0. The van der Waals surface area contributed by atoms with E-state index in [2.05, 4.69) is 10.3 Å². The number of aryl methyl sites for hydroxylation is 1. The van der Waals surface area contributed by atoms with Gasteiger partial charge in [-0.3, -0.25) is 14.7 Å². The van der Waals surface area contributed by atoms with E-state index in [1.165, 1.54) is 12.1 Å². The van der Waals surface area contributed by atoms with Crippen LogP contribution >= 0.6 is 0 Å². The third-order valence-electron chi connectivity index (χ3n) is 4.71. The van der Waals surface area contributed by atoms with Crippen molar-refractivity contribution in [3.8, 4) is 5.75 Å². The molecule has 142 valence electrons. The summed E-state index contributed by atoms with van der Waals surface area (Å²) >= 11 is 0. The number of ether oxygens (including phenoxy) is 1. The Bertz CT molecular complexity index is 1020. The van der Waals surface area contributed by atoms with Crippen molar-refractivity contribution in [3.05, 3.63) is 83.4 Å². The van der Waals surface area contributed by atoms with Crippen LogP contribution in [0.2, 0.25) is 0 Å². The van der Waals surface area contributed by atoms with Crippen molar-refractivity contribution in [2.45, 2.75) is 20.0 Å². The molecule has 1 aliphatic heterocycles. The van der Waals surface area contributed by atoms with Crippen molar-refractivity contribution in [1.29, 1.82) is 0 Å². The van der Waals surface area contributed by atoms with Crippen LogP contribution in [0.15, 0.2) is 60.8 Å². The molecule has 0 aliphatic carbocycles. The molecule has 0 spiro atoms. The maximum absolute atomic E-state index is 13.5. The molecule has 1 aromatic heterocycles. The quantitative estimate of drug-likeness (QED) is 0.700. The Kier molecular flexibility index (Phi) is 4.69. The second-order valence-electron chi connectivity index (χ2n) is 6.54. The zero-order valence-corrected chi connectivity index (χ0v) is 15.6. The summed E-state index contributed by atoms with van der Waals surface area (Å²) in [5, 5.41) is 3.36. The number of nitrogens with one attached hydrogen (secondary N) is 1. The topological polar surface area (TPSA) is 54.5 Å². The van der Waals surface area contributed by atoms with E-state index < -0.39 is 6.17 Å². The van der Waals surface area contributed by atoms with Crippen molar-refractivity contribution >= 4 is 17.3 Å². The first kappa shape index (κ1) is 18.0. The molecule has 0 saturated carbocycles. The maximum Gasteiger partial charge on any atom is 0.262 e. The van der Waals surface area contributed by atoms with Gasteiger partial charge in [-0.05, 0) is 74.0 Å². The van der Waals surface area contributed by atoms with Gasteiger partial charge < -0.3 is 10.1 Å². The molecular weight excluding hydrogens is 357 g/mol. The number of halogens is 1. The highest BCUT2D eigenvalue weighted by atomic mass is 19.1. The molecule has 2 aromatic carbocycles. The number of benzene rings is 2. The third-order valence-corrected chi connectivity index (χ3v) is 4.71. The molecule has 6 heteroatoms. The maximum atomic E-state index is 13.5. The minimum Gasteiger partial charge on any atom is -0.494 e. The van der Waals surface area contributed by atoms with Gasteiger partial charge in [0.2, 0.25) is 0 Å². The predicted octanol–water partition coefficient (Wildman–Crippen LogP) is 4.70. The van der Waals surface area contributed by atoms with E-state index in [0.717, 1.165) is 22.7 Å². The summed E-state index contributed by atoms with van der Waals surface area (Å²) in [6, 6.07) is 15.4. The van der Waals surface area contributed by atoms with Gasteiger partial charge in [-0.25, -0.2) is 4.39 Å². The van der Waals surface area contributed by atoms with Gasteiger partial charge in [0.15, 0.2) is 6.17 Å². The number of aromatic nitrogens is 1. The second-order valence-corrected chi connectivity index (χ2v) is 6.54. The first-order valence-electron chi connectivity index (χ1n) is 9.12. The van der Waals surface area contributed by atoms with E-state index in [1.807, 2.05) is 38.1 Å². The second kappa shape index (κ2) is 7.31. The minimum atomic E-state index is -0.495. The van der Waals surface area contributed by atoms with Gasteiger partial charge in [0.25, 0.3) is 5.91 Å². The van der Waals surface area contributed by atoms with Crippen LogP contribution in [-0.2, 0) is 0 Å². The molecule has 2 heterocycles. The summed E-state index contributed by atoms with van der Waals surface area (Å²) in [5.74, 6) is 0.310. The highest BCUT2D eigenvalue weighted by Gasteiger charge is 2.39. The Balaban J connectivity index is 1.74. The van der Waals surface area contributed by atoms with Gasteiger partial charge in [0.1, 0.15) is 11.6 Å². The van der Waals surface area contributed by atoms with E-state index in [-0.39, 0.29) is 11.7 Å². The van der Waals surface area contributed by atoms with Gasteiger partial charge in [0, 0.05) is 17.6 Å². The summed E-state index contributed by atoms with van der Waals surface area (Å²) in [4.78, 5) is 19.2. The smallest absolute Gasteiger partial charge is 0.262 e. The average Bonchev–Trinajstić information content (AvgIpc) is 2.97. The van der Waals surface area contributed by atoms with Crippen molar-refractivity contribution < 1.29 is 13.9 Å². The Hall–Kier alpha value is -3.41. The van der Waals surface area contributed by atoms with E-state index >= 15 is 0 Å². The van der Waals surface area contributed by atoms with Crippen LogP contribution in [0.1, 0.15) is 34.7 Å². The number of hydrogen-bond donors (Lipinski definition) is 1. The summed E-state index contributed by atoms with van der Waals surface area (Å²) in [7, 11) is 0. The largest absolute Gasteiger partial charge is 0.494 e. The van der Waals surface area contributed by atoms with Crippen LogP contribution in [0.4, 0.5) is 15.8 Å². The molecule has 0 unspecified atom stereocenters. The fourth-order valence-corrected chi connectivity index (χ4v) is 3.39. The number of nitrogens with zero attached hydrogens (tertiary/aromatic N) is 2. The molecule has 1 amide bonds. The monoisotopic (exact) mass is 377 g/mol. The van der Waals surface area contributed by atoms with Crippen LogP contribution in [-0.4, -0.2) is 17.5 Å². The van der Waals surface area contributed by atoms with Crippen LogP contribution in [0.3, 0.4) is 0 Å². The molecule has 5 nitrogen and oxygen atoms in total. The van der Waals surface area contributed by atoms with E-state index in [9.17, 15) is 9.18 Å². The van der Waals surface area contributed by atoms with Gasteiger partial charge in [-0.1, -0.05) is 0 Å². The normalized spacial score (nSPS) is 15.5. The standard InChI is InChI=1S/C22H20FN3O2/c1-3-28-17-9-7-16(8-10-17)26-21(20-18(22(26)27)5-4-12-24-20)25-19-11-6-15(23)13-14(19)2/h4-13,21,25H,3H2,1-2H3/t21-/m0/s1. The molecule has 1 aliphatic rings. The number of hydrogen-bond acceptors (Lipinski definition) is 4. The van der Waals surface area contributed by atoms with Gasteiger partial charge in [0.05, 0.1) is 17.9 Å². The lowest BCUT2D eigenvalue weighted by molar-refractivity contribution is 0.0993. The van der Waals surface area contributed by atoms with Crippen LogP contribution in [0, 0.1) is 12.7 Å². The number of anilines is 2. The Morgan fingerprint density at radius 2 is 1.96 bits per heavy atom. The molecule has 0 radical (unpaired) electrons. The van der Waals surface area contributed by atoms with Crippen LogP contribution in [0.25, 0.3) is 0 Å². The van der Waals surface area contributed by atoms with Crippen molar-refractivity contribution in [2.75, 3.05) is 16.8 Å². The highest BCUT2D eigenvalue weighted by molar-refractivity contribution is 6.11. The highest BCUT2D eigenvalue weighted by Crippen LogP contribution is 2.37. The number of amides is 1. The molecule has 1 N–H and O–H groups in total. The zero-order valence-electron chi connectivity index (χ0n) is 15.6. The number of fused-ring (bicyclic) bond motifs is 1. The molecular formula is C22H20FN3O2. The van der Waals surface area contributed by atoms with E-state index in [0.29, 0.717) is 17.9 Å². The lowest BCUT2D eigenvalue weighted by Crippen LogP contribution is -2.32. The number of pyridine rings is 1. The Morgan fingerprint density at radius 3 is 2.68 bits per heavy atom. The molecule has 1 atom stereocenters. The third kappa shape index (κ3) is 3.17. The summed E-state index contributed by atoms with van der Waals surface area (Å²) in [5.41, 5.74) is 3.42. The van der Waals surface area contributed by atoms with Crippen molar-refractivity contribution in [1.82, 2.24) is 4.98 Å². The minimum absolute atomic E-state index is 0.135. The van der Waals surface area contributed by atoms with Crippen LogP contribution < -0.4 is 15.0 Å². The first-order valence-corrected chi connectivity index (χ1v) is 9.12. The molecule has 0 bridgehead atoms. The predicted molar refractivity (Wildman–Crippen MR) is 106 cm³/mol. The fraction of sp³-hybridized carbons (Fsp3) is 0.182. The van der Waals surface area contributed by atoms with E-state index in [1.54, 1.807) is 29.3 Å². The summed E-state index contributed by atoms with van der Waals surface area (Å²) in [6.45, 7) is 4.32.